The molecule has 1 fully saturated rings. The summed E-state index contributed by atoms with van der Waals surface area (Å²) in [5.74, 6) is 1.89. The number of hydrogen-bond donors (Lipinski definition) is 0. The summed E-state index contributed by atoms with van der Waals surface area (Å²) in [6.07, 6.45) is 1.58. The fraction of sp³-hybridized carbons (Fsp3) is 0.450. The Balaban J connectivity index is 1.67. The number of aryl methyl sites for hydroxylation is 1. The molecular formula is C20H24FN3O. The molecule has 3 rings (SSSR count). The average molecular weight is 341 g/mol. The molecule has 0 saturated carbocycles. The molecule has 0 N–H and O–H groups in total. The number of rotatable bonds is 4. The highest BCUT2D eigenvalue weighted by Crippen LogP contribution is 2.26. The van der Waals surface area contributed by atoms with Gasteiger partial charge in [0.25, 0.3) is 0 Å². The lowest BCUT2D eigenvalue weighted by atomic mass is 9.89. The van der Waals surface area contributed by atoms with E-state index in [-0.39, 0.29) is 23.4 Å². The van der Waals surface area contributed by atoms with Crippen molar-refractivity contribution in [2.45, 2.75) is 39.5 Å². The van der Waals surface area contributed by atoms with Crippen LogP contribution in [0.2, 0.25) is 0 Å². The first-order chi connectivity index (χ1) is 11.9. The molecule has 1 aromatic heterocycles. The van der Waals surface area contributed by atoms with Crippen molar-refractivity contribution in [1.29, 1.82) is 0 Å². The lowest BCUT2D eigenvalue weighted by molar-refractivity contribution is 0.0900. The van der Waals surface area contributed by atoms with Crippen molar-refractivity contribution in [3.63, 3.8) is 0 Å². The van der Waals surface area contributed by atoms with Crippen molar-refractivity contribution in [1.82, 2.24) is 9.97 Å². The summed E-state index contributed by atoms with van der Waals surface area (Å²) in [5, 5.41) is 0. The minimum atomic E-state index is -0.313. The second-order valence-electron chi connectivity index (χ2n) is 7.01. The molecule has 0 unspecified atom stereocenters. The fourth-order valence-corrected chi connectivity index (χ4v) is 3.22. The van der Waals surface area contributed by atoms with Gasteiger partial charge in [-0.1, -0.05) is 13.8 Å². The van der Waals surface area contributed by atoms with E-state index in [1.54, 1.807) is 12.1 Å². The lowest BCUT2D eigenvalue weighted by Gasteiger charge is -2.32. The second kappa shape index (κ2) is 7.30. The van der Waals surface area contributed by atoms with Crippen LogP contribution >= 0.6 is 0 Å². The summed E-state index contributed by atoms with van der Waals surface area (Å²) in [6.45, 7) is 7.76. The summed E-state index contributed by atoms with van der Waals surface area (Å²) in [4.78, 5) is 24.0. The SMILES string of the molecule is Cc1cc(N2CCC(C(=O)c3ccc(F)cc3)CC2)nc(C(C)C)n1. The number of aromatic nitrogens is 2. The highest BCUT2D eigenvalue weighted by molar-refractivity contribution is 5.97. The molecule has 0 bridgehead atoms. The Bertz CT molecular complexity index is 750. The predicted octanol–water partition coefficient (Wildman–Crippen LogP) is 4.15. The lowest BCUT2D eigenvalue weighted by Crippen LogP contribution is -2.37. The maximum atomic E-state index is 13.0. The number of carbonyl (C=O) groups is 1. The van der Waals surface area contributed by atoms with E-state index in [1.807, 2.05) is 13.0 Å². The molecule has 0 radical (unpaired) electrons. The van der Waals surface area contributed by atoms with Gasteiger partial charge in [-0.05, 0) is 44.0 Å². The van der Waals surface area contributed by atoms with Crippen LogP contribution in [-0.2, 0) is 0 Å². The van der Waals surface area contributed by atoms with Gasteiger partial charge in [0.2, 0.25) is 0 Å². The minimum Gasteiger partial charge on any atom is -0.356 e. The van der Waals surface area contributed by atoms with E-state index in [2.05, 4.69) is 28.7 Å². The van der Waals surface area contributed by atoms with E-state index in [4.69, 9.17) is 0 Å². The number of ketones is 1. The Kier molecular flexibility index (Phi) is 5.11. The molecule has 0 spiro atoms. The molecule has 1 aliphatic heterocycles. The number of halogens is 1. The molecule has 0 atom stereocenters. The molecular weight excluding hydrogens is 317 g/mol. The Hall–Kier alpha value is -2.30. The smallest absolute Gasteiger partial charge is 0.166 e. The van der Waals surface area contributed by atoms with Gasteiger partial charge in [-0.3, -0.25) is 4.79 Å². The van der Waals surface area contributed by atoms with Crippen molar-refractivity contribution in [2.75, 3.05) is 18.0 Å². The summed E-state index contributed by atoms with van der Waals surface area (Å²) >= 11 is 0. The van der Waals surface area contributed by atoms with Crippen molar-refractivity contribution in [3.05, 3.63) is 53.2 Å². The zero-order valence-corrected chi connectivity index (χ0v) is 15.0. The fourth-order valence-electron chi connectivity index (χ4n) is 3.22. The van der Waals surface area contributed by atoms with Gasteiger partial charge >= 0.3 is 0 Å². The number of carbonyl (C=O) groups excluding carboxylic acids is 1. The van der Waals surface area contributed by atoms with Gasteiger partial charge in [0.1, 0.15) is 17.5 Å². The quantitative estimate of drug-likeness (QED) is 0.784. The highest BCUT2D eigenvalue weighted by Gasteiger charge is 2.26. The normalized spacial score (nSPS) is 15.6. The van der Waals surface area contributed by atoms with Crippen LogP contribution in [-0.4, -0.2) is 28.8 Å². The molecule has 2 aromatic rings. The molecule has 0 aliphatic carbocycles. The molecule has 132 valence electrons. The number of nitrogens with zero attached hydrogens (tertiary/aromatic N) is 3. The molecule has 2 heterocycles. The maximum absolute atomic E-state index is 13.0. The largest absolute Gasteiger partial charge is 0.356 e. The van der Waals surface area contributed by atoms with E-state index < -0.39 is 0 Å². The first kappa shape index (κ1) is 17.5. The van der Waals surface area contributed by atoms with Crippen molar-refractivity contribution in [2.24, 2.45) is 5.92 Å². The Labute approximate surface area is 148 Å². The van der Waals surface area contributed by atoms with E-state index in [1.165, 1.54) is 12.1 Å². The molecule has 25 heavy (non-hydrogen) atoms. The number of benzene rings is 1. The first-order valence-electron chi connectivity index (χ1n) is 8.84. The third-order valence-corrected chi connectivity index (χ3v) is 4.69. The molecule has 0 amide bonds. The molecule has 1 aromatic carbocycles. The predicted molar refractivity (Wildman–Crippen MR) is 96.5 cm³/mol. The van der Waals surface area contributed by atoms with Crippen LogP contribution in [0.15, 0.2) is 30.3 Å². The first-order valence-corrected chi connectivity index (χ1v) is 8.84. The van der Waals surface area contributed by atoms with Gasteiger partial charge in [0.15, 0.2) is 5.78 Å². The van der Waals surface area contributed by atoms with Crippen molar-refractivity contribution in [3.8, 4) is 0 Å². The maximum Gasteiger partial charge on any atom is 0.166 e. The Morgan fingerprint density at radius 3 is 2.40 bits per heavy atom. The van der Waals surface area contributed by atoms with E-state index in [0.717, 1.165) is 43.3 Å². The van der Waals surface area contributed by atoms with E-state index in [0.29, 0.717) is 5.56 Å². The van der Waals surface area contributed by atoms with Gasteiger partial charge in [-0.15, -0.1) is 0 Å². The number of Topliss-reactive ketones (excluding diaryl/α,β-unsaturated/α-hetero) is 1. The second-order valence-corrected chi connectivity index (χ2v) is 7.01. The zero-order valence-electron chi connectivity index (χ0n) is 15.0. The van der Waals surface area contributed by atoms with Crippen molar-refractivity contribution < 1.29 is 9.18 Å². The van der Waals surface area contributed by atoms with Gasteiger partial charge < -0.3 is 4.90 Å². The van der Waals surface area contributed by atoms with Gasteiger partial charge in [0, 0.05) is 42.2 Å². The topological polar surface area (TPSA) is 46.1 Å². The van der Waals surface area contributed by atoms with Crippen LogP contribution in [0.4, 0.5) is 10.2 Å². The van der Waals surface area contributed by atoms with E-state index >= 15 is 0 Å². The van der Waals surface area contributed by atoms with Crippen LogP contribution in [0.25, 0.3) is 0 Å². The third-order valence-electron chi connectivity index (χ3n) is 4.69. The number of piperidine rings is 1. The average Bonchev–Trinajstić information content (AvgIpc) is 2.61. The molecule has 4 nitrogen and oxygen atoms in total. The van der Waals surface area contributed by atoms with Crippen molar-refractivity contribution >= 4 is 11.6 Å². The number of hydrogen-bond acceptors (Lipinski definition) is 4. The summed E-state index contributed by atoms with van der Waals surface area (Å²) in [7, 11) is 0. The van der Waals surface area contributed by atoms with Crippen LogP contribution in [0.5, 0.6) is 0 Å². The van der Waals surface area contributed by atoms with Gasteiger partial charge in [0.05, 0.1) is 0 Å². The molecule has 1 saturated heterocycles. The highest BCUT2D eigenvalue weighted by atomic mass is 19.1. The minimum absolute atomic E-state index is 0.00536. The molecule has 5 heteroatoms. The summed E-state index contributed by atoms with van der Waals surface area (Å²) < 4.78 is 13.0. The van der Waals surface area contributed by atoms with Gasteiger partial charge in [-0.25, -0.2) is 14.4 Å². The van der Waals surface area contributed by atoms with Gasteiger partial charge in [-0.2, -0.15) is 0 Å². The van der Waals surface area contributed by atoms with Crippen LogP contribution in [0.1, 0.15) is 54.5 Å². The molecule has 1 aliphatic rings. The standard InChI is InChI=1S/C20H24FN3O/c1-13(2)20-22-14(3)12-18(23-20)24-10-8-16(9-11-24)19(25)15-4-6-17(21)7-5-15/h4-7,12-13,16H,8-11H2,1-3H3. The van der Waals surface area contributed by atoms with E-state index in [9.17, 15) is 9.18 Å². The Morgan fingerprint density at radius 2 is 1.80 bits per heavy atom. The summed E-state index contributed by atoms with van der Waals surface area (Å²) in [6, 6.07) is 7.85. The zero-order chi connectivity index (χ0) is 18.0. The third kappa shape index (κ3) is 4.03. The summed E-state index contributed by atoms with van der Waals surface area (Å²) in [5.41, 5.74) is 1.57. The van der Waals surface area contributed by atoms with Crippen LogP contribution < -0.4 is 4.90 Å². The Morgan fingerprint density at radius 1 is 1.16 bits per heavy atom. The van der Waals surface area contributed by atoms with Crippen LogP contribution in [0, 0.1) is 18.7 Å². The van der Waals surface area contributed by atoms with Crippen LogP contribution in [0.3, 0.4) is 0 Å². The monoisotopic (exact) mass is 341 g/mol. The number of anilines is 1.